The molecule has 1 N–H and O–H groups in total. The fourth-order valence-corrected chi connectivity index (χ4v) is 4.62. The van der Waals surface area contributed by atoms with Crippen LogP contribution >= 0.6 is 0 Å². The number of aliphatic hydroxyl groups excluding tert-OH is 1. The van der Waals surface area contributed by atoms with E-state index in [2.05, 4.69) is 39.5 Å². The largest absolute Gasteiger partial charge is 0.515 e. The lowest BCUT2D eigenvalue weighted by Gasteiger charge is -2.55. The monoisotopic (exact) mass is 381 g/mol. The number of piperidine rings is 1. The van der Waals surface area contributed by atoms with Gasteiger partial charge in [-0.3, -0.25) is 4.90 Å². The molecule has 0 aromatic rings. The molecule has 0 amide bonds. The van der Waals surface area contributed by atoms with E-state index in [1.54, 1.807) is 6.92 Å². The minimum absolute atomic E-state index is 0.00927. The number of hydrogen-bond acceptors (Lipinski definition) is 4. The Balaban J connectivity index is 2.49. The number of carbonyl (C=O) groups is 1. The normalized spacial score (nSPS) is 20.6. The first-order chi connectivity index (χ1) is 12.6. The second-order valence-corrected chi connectivity index (χ2v) is 9.50. The number of unbranched alkanes of at least 4 members (excludes halogenated alkanes) is 7. The summed E-state index contributed by atoms with van der Waals surface area (Å²) in [5, 5.41) is 9.01. The van der Waals surface area contributed by atoms with Crippen LogP contribution in [0.3, 0.4) is 0 Å². The van der Waals surface area contributed by atoms with E-state index < -0.39 is 5.97 Å². The average molecular weight is 382 g/mol. The van der Waals surface area contributed by atoms with E-state index in [9.17, 15) is 4.79 Å². The first-order valence-electron chi connectivity index (χ1n) is 10.9. The van der Waals surface area contributed by atoms with Crippen LogP contribution in [0.15, 0.2) is 11.8 Å². The summed E-state index contributed by atoms with van der Waals surface area (Å²) in [6, 6.07) is 0. The molecule has 0 aliphatic carbocycles. The van der Waals surface area contributed by atoms with Crippen molar-refractivity contribution in [3.63, 3.8) is 0 Å². The average Bonchev–Trinajstić information content (AvgIpc) is 2.57. The van der Waals surface area contributed by atoms with Crippen molar-refractivity contribution in [3.05, 3.63) is 11.8 Å². The van der Waals surface area contributed by atoms with Crippen LogP contribution in [0.25, 0.3) is 0 Å². The molecule has 0 radical (unpaired) electrons. The lowest BCUT2D eigenvalue weighted by molar-refractivity contribution is -0.156. The summed E-state index contributed by atoms with van der Waals surface area (Å²) in [7, 11) is 0. The zero-order valence-electron chi connectivity index (χ0n) is 18.6. The van der Waals surface area contributed by atoms with Crippen molar-refractivity contribution in [2.45, 2.75) is 123 Å². The minimum Gasteiger partial charge on any atom is -0.515 e. The van der Waals surface area contributed by atoms with Crippen LogP contribution in [-0.2, 0) is 9.53 Å². The predicted molar refractivity (Wildman–Crippen MR) is 113 cm³/mol. The van der Waals surface area contributed by atoms with Gasteiger partial charge in [-0.25, -0.2) is 4.79 Å². The number of carbonyl (C=O) groups excluding carboxylic acids is 1. The number of likely N-dealkylation sites (tertiary alicyclic amines) is 1. The van der Waals surface area contributed by atoms with Gasteiger partial charge in [-0.05, 0) is 47.6 Å². The molecule has 1 aliphatic rings. The van der Waals surface area contributed by atoms with Gasteiger partial charge in [0, 0.05) is 23.9 Å². The fraction of sp³-hybridized carbons (Fsp3) is 0.870. The third-order valence-electron chi connectivity index (χ3n) is 5.94. The van der Waals surface area contributed by atoms with Crippen molar-refractivity contribution < 1.29 is 14.6 Å². The molecule has 1 heterocycles. The maximum Gasteiger partial charge on any atom is 0.337 e. The predicted octanol–water partition coefficient (Wildman–Crippen LogP) is 6.15. The number of hydrogen-bond donors (Lipinski definition) is 1. The van der Waals surface area contributed by atoms with Gasteiger partial charge in [0.2, 0.25) is 0 Å². The van der Waals surface area contributed by atoms with Gasteiger partial charge in [0.25, 0.3) is 0 Å². The van der Waals surface area contributed by atoms with Gasteiger partial charge < -0.3 is 9.84 Å². The smallest absolute Gasteiger partial charge is 0.337 e. The van der Waals surface area contributed by atoms with Crippen LogP contribution in [-0.4, -0.2) is 39.7 Å². The molecule has 4 heteroatoms. The minimum atomic E-state index is -0.411. The van der Waals surface area contributed by atoms with Crippen molar-refractivity contribution in [2.75, 3.05) is 6.54 Å². The van der Waals surface area contributed by atoms with Crippen LogP contribution in [0.5, 0.6) is 0 Å². The fourth-order valence-electron chi connectivity index (χ4n) is 4.62. The molecule has 4 nitrogen and oxygen atoms in total. The number of aliphatic hydroxyl groups is 1. The lowest BCUT2D eigenvalue weighted by Crippen LogP contribution is -2.62. The Bertz CT molecular complexity index is 464. The van der Waals surface area contributed by atoms with Crippen molar-refractivity contribution in [1.82, 2.24) is 4.90 Å². The second kappa shape index (κ2) is 11.1. The molecular weight excluding hydrogens is 338 g/mol. The molecule has 158 valence electrons. The Labute approximate surface area is 167 Å². The van der Waals surface area contributed by atoms with Gasteiger partial charge in [0.1, 0.15) is 6.10 Å². The van der Waals surface area contributed by atoms with E-state index in [0.717, 1.165) is 25.6 Å². The van der Waals surface area contributed by atoms with E-state index in [1.165, 1.54) is 51.4 Å². The number of ether oxygens (including phenoxy) is 1. The van der Waals surface area contributed by atoms with E-state index in [0.29, 0.717) is 0 Å². The Morgan fingerprint density at radius 1 is 1.00 bits per heavy atom. The van der Waals surface area contributed by atoms with Gasteiger partial charge in [0.05, 0.1) is 11.8 Å². The first kappa shape index (κ1) is 24.0. The number of rotatable bonds is 11. The van der Waals surface area contributed by atoms with Gasteiger partial charge in [-0.15, -0.1) is 0 Å². The topological polar surface area (TPSA) is 49.8 Å². The van der Waals surface area contributed by atoms with Gasteiger partial charge in [0.15, 0.2) is 0 Å². The highest BCUT2D eigenvalue weighted by Gasteiger charge is 2.46. The Hall–Kier alpha value is -1.03. The molecule has 0 aromatic carbocycles. The number of esters is 1. The van der Waals surface area contributed by atoms with Crippen molar-refractivity contribution in [2.24, 2.45) is 0 Å². The Kier molecular flexibility index (Phi) is 9.86. The molecule has 1 saturated heterocycles. The highest BCUT2D eigenvalue weighted by atomic mass is 16.5. The molecule has 0 spiro atoms. The van der Waals surface area contributed by atoms with Crippen LogP contribution < -0.4 is 0 Å². The molecule has 1 rings (SSSR count). The van der Waals surface area contributed by atoms with Gasteiger partial charge in [-0.1, -0.05) is 51.9 Å². The molecule has 1 aliphatic heterocycles. The second-order valence-electron chi connectivity index (χ2n) is 9.50. The first-order valence-corrected chi connectivity index (χ1v) is 10.9. The zero-order chi connectivity index (χ0) is 20.5. The summed E-state index contributed by atoms with van der Waals surface area (Å²) in [5.41, 5.74) is 0.238. The van der Waals surface area contributed by atoms with Crippen LogP contribution in [0.1, 0.15) is 106 Å². The molecule has 0 saturated carbocycles. The maximum absolute atomic E-state index is 12.0. The summed E-state index contributed by atoms with van der Waals surface area (Å²) in [4.78, 5) is 14.6. The molecule has 1 fully saturated rings. The van der Waals surface area contributed by atoms with Gasteiger partial charge in [-0.2, -0.15) is 0 Å². The molecular formula is C23H43NO3. The van der Waals surface area contributed by atoms with E-state index in [4.69, 9.17) is 9.84 Å². The SMILES string of the molecule is CCCCCCCCCCN1C(C)(C)CC(OC(=O)C(C)=CO)CC1(C)C. The molecule has 0 atom stereocenters. The van der Waals surface area contributed by atoms with Crippen molar-refractivity contribution in [3.8, 4) is 0 Å². The highest BCUT2D eigenvalue weighted by molar-refractivity contribution is 5.87. The summed E-state index contributed by atoms with van der Waals surface area (Å²) in [6.45, 7) is 14.0. The summed E-state index contributed by atoms with van der Waals surface area (Å²) >= 11 is 0. The molecule has 0 aromatic heterocycles. The zero-order valence-corrected chi connectivity index (χ0v) is 18.6. The van der Waals surface area contributed by atoms with Crippen LogP contribution in [0, 0.1) is 0 Å². The molecule has 0 unspecified atom stereocenters. The quantitative estimate of drug-likeness (QED) is 0.202. The lowest BCUT2D eigenvalue weighted by atomic mass is 9.78. The summed E-state index contributed by atoms with van der Waals surface area (Å²) in [6.07, 6.45) is 13.1. The van der Waals surface area contributed by atoms with Gasteiger partial charge >= 0.3 is 5.97 Å². The maximum atomic E-state index is 12.0. The van der Waals surface area contributed by atoms with Crippen LogP contribution in [0.4, 0.5) is 0 Å². The Morgan fingerprint density at radius 2 is 1.48 bits per heavy atom. The molecule has 27 heavy (non-hydrogen) atoms. The number of nitrogens with zero attached hydrogens (tertiary/aromatic N) is 1. The summed E-state index contributed by atoms with van der Waals surface area (Å²) < 4.78 is 5.66. The standard InChI is InChI=1S/C23H43NO3/c1-7-8-9-10-11-12-13-14-15-24-22(3,4)16-20(17-23(24,5)6)27-21(26)19(2)18-25/h18,20,25H,7-17H2,1-6H3. The summed E-state index contributed by atoms with van der Waals surface area (Å²) in [5.74, 6) is -0.411. The third kappa shape index (κ3) is 7.85. The van der Waals surface area contributed by atoms with Crippen molar-refractivity contribution >= 4 is 5.97 Å². The highest BCUT2D eigenvalue weighted by Crippen LogP contribution is 2.40. The van der Waals surface area contributed by atoms with Crippen molar-refractivity contribution in [1.29, 1.82) is 0 Å². The van der Waals surface area contributed by atoms with Crippen LogP contribution in [0.2, 0.25) is 0 Å². The van der Waals surface area contributed by atoms with E-state index in [-0.39, 0.29) is 22.8 Å². The third-order valence-corrected chi connectivity index (χ3v) is 5.94. The van der Waals surface area contributed by atoms with E-state index >= 15 is 0 Å². The Morgan fingerprint density at radius 3 is 1.96 bits per heavy atom. The molecule has 0 bridgehead atoms. The van der Waals surface area contributed by atoms with E-state index in [1.807, 2.05) is 0 Å².